The number of hydrogen-bond acceptors (Lipinski definition) is 4. The van der Waals surface area contributed by atoms with E-state index in [-0.39, 0.29) is 40.9 Å². The molecule has 0 rings (SSSR count). The fourth-order valence-corrected chi connectivity index (χ4v) is 0.535. The van der Waals surface area contributed by atoms with Crippen molar-refractivity contribution < 1.29 is 49.0 Å². The van der Waals surface area contributed by atoms with E-state index in [0.29, 0.717) is 6.08 Å². The van der Waals surface area contributed by atoms with E-state index in [1.54, 1.807) is 0 Å². The number of carbonyl (C=O) groups excluding carboxylic acids is 2. The van der Waals surface area contributed by atoms with Crippen molar-refractivity contribution in [2.24, 2.45) is 0 Å². The van der Waals surface area contributed by atoms with Gasteiger partial charge in [-0.1, -0.05) is 6.58 Å². The third-order valence-electron chi connectivity index (χ3n) is 1.08. The largest absolute Gasteiger partial charge is 1.00 e. The summed E-state index contributed by atoms with van der Waals surface area (Å²) in [5, 5.41) is 10.0. The number of Topliss-reactive ketones (excluding diaryl/α,β-unsaturated/α-hetero) is 1. The molecular weight excluding hydrogens is 183 g/mol. The normalized spacial score (nSPS) is 9.85. The molecule has 0 amide bonds. The summed E-state index contributed by atoms with van der Waals surface area (Å²) in [5.74, 6) is -2.29. The smallest absolute Gasteiger partial charge is 0.545 e. The molecule has 0 radical (unpaired) electrons. The molecule has 66 valence electrons. The van der Waals surface area contributed by atoms with Crippen LogP contribution >= 0.6 is 0 Å². The van der Waals surface area contributed by atoms with Gasteiger partial charge < -0.3 is 14.6 Å². The van der Waals surface area contributed by atoms with Crippen LogP contribution in [0, 0.1) is 0 Å². The first kappa shape index (κ1) is 14.9. The molecule has 0 atom stereocenters. The fourth-order valence-electron chi connectivity index (χ4n) is 0.535. The first-order valence-electron chi connectivity index (χ1n) is 3.16. The Morgan fingerprint density at radius 3 is 2.15 bits per heavy atom. The molecule has 0 N–H and O–H groups in total. The van der Waals surface area contributed by atoms with Crippen LogP contribution in [0.5, 0.6) is 0 Å². The number of allylic oxidation sites excluding steroid dienone is 1. The topological polar surface area (TPSA) is 66.4 Å². The van der Waals surface area contributed by atoms with E-state index in [0.717, 1.165) is 0 Å². The van der Waals surface area contributed by atoms with Crippen molar-refractivity contribution in [3.8, 4) is 0 Å². The third kappa shape index (κ3) is 5.63. The Morgan fingerprint density at radius 1 is 1.46 bits per heavy atom. The van der Waals surface area contributed by atoms with E-state index >= 15 is 0 Å². The average molecular weight is 192 g/mol. The second-order valence-electron chi connectivity index (χ2n) is 2.14. The maximum Gasteiger partial charge on any atom is 1.00 e. The summed E-state index contributed by atoms with van der Waals surface area (Å²) < 4.78 is 4.51. The molecule has 0 aliphatic rings. The average Bonchev–Trinajstić information content (AvgIpc) is 1.98. The summed E-state index contributed by atoms with van der Waals surface area (Å²) in [5.41, 5.74) is 0.212. The minimum absolute atomic E-state index is 0. The maximum atomic E-state index is 11.0. The van der Waals surface area contributed by atoms with Crippen molar-refractivity contribution in [3.63, 3.8) is 0 Å². The quantitative estimate of drug-likeness (QED) is 0.262. The predicted molar refractivity (Wildman–Crippen MR) is 39.9 cm³/mol. The monoisotopic (exact) mass is 192 g/mol. The molecule has 0 saturated carbocycles. The number of carboxylic acid groups (broad SMARTS) is 1. The molecule has 0 aromatic heterocycles. The van der Waals surface area contributed by atoms with Gasteiger partial charge >= 0.3 is 29.6 Å². The van der Waals surface area contributed by atoms with Crippen LogP contribution < -0.4 is 34.7 Å². The van der Waals surface area contributed by atoms with Gasteiger partial charge in [0.05, 0.1) is 13.1 Å². The van der Waals surface area contributed by atoms with Gasteiger partial charge in [0.2, 0.25) is 5.78 Å². The van der Waals surface area contributed by atoms with Gasteiger partial charge in [-0.2, -0.15) is 0 Å². The van der Waals surface area contributed by atoms with Crippen LogP contribution in [0.3, 0.4) is 0 Å². The zero-order valence-corrected chi connectivity index (χ0v) is 9.92. The van der Waals surface area contributed by atoms with Crippen molar-refractivity contribution >= 4 is 11.8 Å². The molecule has 13 heavy (non-hydrogen) atoms. The van der Waals surface area contributed by atoms with Crippen molar-refractivity contribution in [2.45, 2.75) is 6.92 Å². The number of rotatable bonds is 4. The Labute approximate surface area is 98.6 Å². The number of methoxy groups -OCH3 is 1. The Morgan fingerprint density at radius 2 is 1.92 bits per heavy atom. The number of ketones is 1. The fraction of sp³-hybridized carbons (Fsp3) is 0.250. The van der Waals surface area contributed by atoms with E-state index in [9.17, 15) is 14.7 Å². The van der Waals surface area contributed by atoms with Gasteiger partial charge in [0.25, 0.3) is 0 Å². The summed E-state index contributed by atoms with van der Waals surface area (Å²) in [4.78, 5) is 21.1. The third-order valence-corrected chi connectivity index (χ3v) is 1.08. The molecule has 0 aliphatic heterocycles. The predicted octanol–water partition coefficient (Wildman–Crippen LogP) is -3.58. The SMILES string of the molecule is C=C(C)C(=O)C(=CC(=O)[O-])OC.[Na+]. The van der Waals surface area contributed by atoms with Crippen molar-refractivity contribution in [1.82, 2.24) is 0 Å². The molecule has 0 unspecified atom stereocenters. The standard InChI is InChI=1S/C8H10O4.Na/c1-5(2)8(11)6(12-3)4-7(9)10;/h4H,1H2,2-3H3,(H,9,10);/q;+1/p-1. The van der Waals surface area contributed by atoms with Crippen LogP contribution in [0.25, 0.3) is 0 Å². The number of carbonyl (C=O) groups is 2. The molecule has 0 heterocycles. The van der Waals surface area contributed by atoms with E-state index < -0.39 is 11.8 Å². The first-order valence-corrected chi connectivity index (χ1v) is 3.16. The number of aliphatic carboxylic acids is 1. The summed E-state index contributed by atoms with van der Waals surface area (Å²) in [6.07, 6.45) is 0.594. The number of ether oxygens (including phenoxy) is 1. The van der Waals surface area contributed by atoms with Gasteiger partial charge in [0, 0.05) is 6.08 Å². The van der Waals surface area contributed by atoms with E-state index in [4.69, 9.17) is 0 Å². The van der Waals surface area contributed by atoms with Crippen LogP contribution in [0.4, 0.5) is 0 Å². The molecule has 0 spiro atoms. The van der Waals surface area contributed by atoms with Gasteiger partial charge in [-0.25, -0.2) is 0 Å². The van der Waals surface area contributed by atoms with Crippen molar-refractivity contribution in [3.05, 3.63) is 24.0 Å². The minimum Gasteiger partial charge on any atom is -0.545 e. The zero-order valence-electron chi connectivity index (χ0n) is 7.92. The maximum absolute atomic E-state index is 11.0. The number of hydrogen-bond donors (Lipinski definition) is 0. The van der Waals surface area contributed by atoms with Gasteiger partial charge in [-0.05, 0) is 12.5 Å². The zero-order chi connectivity index (χ0) is 9.72. The van der Waals surface area contributed by atoms with Gasteiger partial charge in [0.15, 0.2) is 5.76 Å². The molecule has 0 aromatic carbocycles. The summed E-state index contributed by atoms with van der Waals surface area (Å²) in [6, 6.07) is 0. The Bertz CT molecular complexity index is 255. The van der Waals surface area contributed by atoms with E-state index in [2.05, 4.69) is 11.3 Å². The molecule has 0 saturated heterocycles. The summed E-state index contributed by atoms with van der Waals surface area (Å²) in [6.45, 7) is 4.81. The molecule has 0 aromatic rings. The minimum atomic E-state index is -1.47. The van der Waals surface area contributed by atoms with Crippen LogP contribution in [-0.2, 0) is 14.3 Å². The second kappa shape index (κ2) is 6.88. The van der Waals surface area contributed by atoms with Crippen molar-refractivity contribution in [2.75, 3.05) is 7.11 Å². The Kier molecular flexibility index (Phi) is 7.90. The molecular formula is C8H9NaO4. The van der Waals surface area contributed by atoms with Crippen LogP contribution in [0.1, 0.15) is 6.92 Å². The summed E-state index contributed by atoms with van der Waals surface area (Å²) in [7, 11) is 1.20. The molecule has 5 heteroatoms. The van der Waals surface area contributed by atoms with Crippen molar-refractivity contribution in [1.29, 1.82) is 0 Å². The van der Waals surface area contributed by atoms with Gasteiger partial charge in [0.1, 0.15) is 0 Å². The van der Waals surface area contributed by atoms with Gasteiger partial charge in [-0.3, -0.25) is 4.79 Å². The van der Waals surface area contributed by atoms with E-state index in [1.807, 2.05) is 0 Å². The number of carboxylic acids is 1. The molecule has 4 nitrogen and oxygen atoms in total. The Balaban J connectivity index is 0. The second-order valence-corrected chi connectivity index (χ2v) is 2.14. The Hall–Kier alpha value is -0.580. The van der Waals surface area contributed by atoms with Crippen LogP contribution in [-0.4, -0.2) is 18.9 Å². The molecule has 0 fully saturated rings. The van der Waals surface area contributed by atoms with Gasteiger partial charge in [-0.15, -0.1) is 0 Å². The van der Waals surface area contributed by atoms with Crippen LogP contribution in [0.2, 0.25) is 0 Å². The molecule has 0 bridgehead atoms. The summed E-state index contributed by atoms with van der Waals surface area (Å²) >= 11 is 0. The first-order chi connectivity index (χ1) is 5.49. The molecule has 0 aliphatic carbocycles. The van der Waals surface area contributed by atoms with Crippen LogP contribution in [0.15, 0.2) is 24.0 Å². The van der Waals surface area contributed by atoms with E-state index in [1.165, 1.54) is 14.0 Å².